The highest BCUT2D eigenvalue weighted by Crippen LogP contribution is 2.16. The smallest absolute Gasteiger partial charge is 0.173 e. The molecule has 0 amide bonds. The van der Waals surface area contributed by atoms with Crippen molar-refractivity contribution in [2.45, 2.75) is 11.3 Å². The van der Waals surface area contributed by atoms with Gasteiger partial charge in [0.25, 0.3) is 0 Å². The molecule has 0 aliphatic rings. The molecule has 0 unspecified atom stereocenters. The second kappa shape index (κ2) is 5.84. The van der Waals surface area contributed by atoms with Crippen molar-refractivity contribution in [2.75, 3.05) is 6.26 Å². The van der Waals surface area contributed by atoms with Gasteiger partial charge in [0.15, 0.2) is 11.6 Å². The molecule has 0 saturated carbocycles. The third kappa shape index (κ3) is 3.32. The lowest BCUT2D eigenvalue weighted by molar-refractivity contribution is 0.0894. The molecule has 0 N–H and O–H groups in total. The van der Waals surface area contributed by atoms with E-state index in [1.165, 1.54) is 6.20 Å². The van der Waals surface area contributed by atoms with Gasteiger partial charge in [-0.15, -0.1) is 11.8 Å². The highest BCUT2D eigenvalue weighted by molar-refractivity contribution is 7.98. The quantitative estimate of drug-likeness (QED) is 0.478. The van der Waals surface area contributed by atoms with Crippen LogP contribution in [0.25, 0.3) is 0 Å². The van der Waals surface area contributed by atoms with Gasteiger partial charge in [-0.3, -0.25) is 14.3 Å². The van der Waals surface area contributed by atoms with Crippen molar-refractivity contribution in [1.29, 1.82) is 0 Å². The van der Waals surface area contributed by atoms with E-state index < -0.39 is 0 Å². The molecule has 0 aliphatic heterocycles. The molecule has 2 rings (SSSR count). The summed E-state index contributed by atoms with van der Waals surface area (Å²) in [6.07, 6.45) is 4.95. The normalized spacial score (nSPS) is 10.4. The average molecular weight is 274 g/mol. The summed E-state index contributed by atoms with van der Waals surface area (Å²) >= 11 is 1.61. The van der Waals surface area contributed by atoms with Crippen LogP contribution in [0, 0.1) is 0 Å². The molecule has 0 spiro atoms. The van der Waals surface area contributed by atoms with Crippen molar-refractivity contribution in [3.8, 4) is 0 Å². The predicted octanol–water partition coefficient (Wildman–Crippen LogP) is 2.60. The summed E-state index contributed by atoms with van der Waals surface area (Å²) in [5.74, 6) is -0.367. The van der Waals surface area contributed by atoms with E-state index in [9.17, 15) is 9.59 Å². The molecular formula is C14H14N2O2S. The molecule has 0 atom stereocenters. The largest absolute Gasteiger partial charge is 0.294 e. The van der Waals surface area contributed by atoms with Crippen LogP contribution in [0.5, 0.6) is 0 Å². The minimum Gasteiger partial charge on any atom is -0.294 e. The predicted molar refractivity (Wildman–Crippen MR) is 74.7 cm³/mol. The summed E-state index contributed by atoms with van der Waals surface area (Å²) in [5, 5.41) is 3.92. The zero-order valence-corrected chi connectivity index (χ0v) is 11.6. The van der Waals surface area contributed by atoms with Crippen LogP contribution in [0.1, 0.15) is 27.1 Å². The maximum absolute atomic E-state index is 12.0. The van der Waals surface area contributed by atoms with Crippen molar-refractivity contribution >= 4 is 23.3 Å². The molecule has 0 bridgehead atoms. The van der Waals surface area contributed by atoms with E-state index in [0.29, 0.717) is 11.1 Å². The first-order chi connectivity index (χ1) is 9.10. The monoisotopic (exact) mass is 274 g/mol. The Morgan fingerprint density at radius 3 is 2.32 bits per heavy atom. The van der Waals surface area contributed by atoms with Crippen LogP contribution in [0.4, 0.5) is 0 Å². The fourth-order valence-corrected chi connectivity index (χ4v) is 2.10. The van der Waals surface area contributed by atoms with Gasteiger partial charge in [0.1, 0.15) is 0 Å². The lowest BCUT2D eigenvalue weighted by Gasteiger charge is -2.01. The van der Waals surface area contributed by atoms with E-state index in [4.69, 9.17) is 0 Å². The molecule has 19 heavy (non-hydrogen) atoms. The molecule has 1 aromatic carbocycles. The Morgan fingerprint density at radius 2 is 1.79 bits per heavy atom. The first-order valence-corrected chi connectivity index (χ1v) is 7.01. The van der Waals surface area contributed by atoms with Crippen LogP contribution in [0.15, 0.2) is 41.6 Å². The molecule has 1 heterocycles. The van der Waals surface area contributed by atoms with Crippen molar-refractivity contribution in [3.63, 3.8) is 0 Å². The standard InChI is InChI=1S/C14H14N2O2S/c1-16-9-11(8-15-16)14(18)7-13(17)10-3-5-12(19-2)6-4-10/h3-6,8-9H,7H2,1-2H3. The number of ketones is 2. The van der Waals surface area contributed by atoms with E-state index in [2.05, 4.69) is 5.10 Å². The van der Waals surface area contributed by atoms with Crippen LogP contribution < -0.4 is 0 Å². The number of aromatic nitrogens is 2. The number of thioether (sulfide) groups is 1. The number of aryl methyl sites for hydroxylation is 1. The number of carbonyl (C=O) groups is 2. The van der Waals surface area contributed by atoms with E-state index >= 15 is 0 Å². The van der Waals surface area contributed by atoms with Gasteiger partial charge in [0, 0.05) is 23.7 Å². The molecule has 98 valence electrons. The van der Waals surface area contributed by atoms with E-state index in [-0.39, 0.29) is 18.0 Å². The summed E-state index contributed by atoms with van der Waals surface area (Å²) in [5.41, 5.74) is 1.03. The Balaban J connectivity index is 2.06. The number of Topliss-reactive ketones (excluding diaryl/α,β-unsaturated/α-hetero) is 2. The number of carbonyl (C=O) groups excluding carboxylic acids is 2. The zero-order valence-electron chi connectivity index (χ0n) is 10.8. The van der Waals surface area contributed by atoms with Crippen molar-refractivity contribution in [1.82, 2.24) is 9.78 Å². The molecule has 0 saturated heterocycles. The SMILES string of the molecule is CSc1ccc(C(=O)CC(=O)c2cnn(C)c2)cc1. The number of hydrogen-bond donors (Lipinski definition) is 0. The van der Waals surface area contributed by atoms with Crippen LogP contribution in [0.2, 0.25) is 0 Å². The molecular weight excluding hydrogens is 260 g/mol. The average Bonchev–Trinajstić information content (AvgIpc) is 2.85. The zero-order chi connectivity index (χ0) is 13.8. The third-order valence-corrected chi connectivity index (χ3v) is 3.50. The molecule has 2 aromatic rings. The summed E-state index contributed by atoms with van der Waals surface area (Å²) < 4.78 is 1.55. The van der Waals surface area contributed by atoms with Gasteiger partial charge in [-0.05, 0) is 18.4 Å². The Kier molecular flexibility index (Phi) is 4.16. The Bertz CT molecular complexity index is 602. The van der Waals surface area contributed by atoms with Gasteiger partial charge < -0.3 is 0 Å². The topological polar surface area (TPSA) is 52.0 Å². The van der Waals surface area contributed by atoms with Gasteiger partial charge in [-0.1, -0.05) is 12.1 Å². The summed E-state index contributed by atoms with van der Waals surface area (Å²) in [6, 6.07) is 7.27. The van der Waals surface area contributed by atoms with Gasteiger partial charge in [-0.25, -0.2) is 0 Å². The van der Waals surface area contributed by atoms with Gasteiger partial charge in [-0.2, -0.15) is 5.10 Å². The lowest BCUT2D eigenvalue weighted by Crippen LogP contribution is -2.08. The maximum atomic E-state index is 12.0. The van der Waals surface area contributed by atoms with Crippen molar-refractivity contribution in [3.05, 3.63) is 47.8 Å². The molecule has 0 fully saturated rings. The van der Waals surface area contributed by atoms with Crippen molar-refractivity contribution in [2.24, 2.45) is 7.05 Å². The number of nitrogens with zero attached hydrogens (tertiary/aromatic N) is 2. The fraction of sp³-hybridized carbons (Fsp3) is 0.214. The minimum atomic E-state index is -0.202. The van der Waals surface area contributed by atoms with Gasteiger partial charge in [0.05, 0.1) is 18.2 Å². The summed E-state index contributed by atoms with van der Waals surface area (Å²) in [6.45, 7) is 0. The van der Waals surface area contributed by atoms with E-state index in [0.717, 1.165) is 4.90 Å². The van der Waals surface area contributed by atoms with Crippen LogP contribution in [0.3, 0.4) is 0 Å². The molecule has 0 radical (unpaired) electrons. The number of hydrogen-bond acceptors (Lipinski definition) is 4. The van der Waals surface area contributed by atoms with Crippen LogP contribution >= 0.6 is 11.8 Å². The maximum Gasteiger partial charge on any atom is 0.173 e. The minimum absolute atomic E-state index is 0.121. The Labute approximate surface area is 115 Å². The van der Waals surface area contributed by atoms with Crippen LogP contribution in [-0.4, -0.2) is 27.6 Å². The van der Waals surface area contributed by atoms with Gasteiger partial charge in [0.2, 0.25) is 0 Å². The molecule has 5 heteroatoms. The summed E-state index contributed by atoms with van der Waals surface area (Å²) in [7, 11) is 1.74. The number of rotatable bonds is 5. The molecule has 1 aromatic heterocycles. The second-order valence-corrected chi connectivity index (χ2v) is 5.03. The highest BCUT2D eigenvalue weighted by Gasteiger charge is 2.14. The second-order valence-electron chi connectivity index (χ2n) is 4.15. The van der Waals surface area contributed by atoms with Crippen molar-refractivity contribution < 1.29 is 9.59 Å². The first kappa shape index (κ1) is 13.5. The highest BCUT2D eigenvalue weighted by atomic mass is 32.2. The number of benzene rings is 1. The first-order valence-electron chi connectivity index (χ1n) is 5.79. The summed E-state index contributed by atoms with van der Waals surface area (Å²) in [4.78, 5) is 25.0. The molecule has 4 nitrogen and oxygen atoms in total. The Morgan fingerprint density at radius 1 is 1.16 bits per heavy atom. The lowest BCUT2D eigenvalue weighted by atomic mass is 10.0. The third-order valence-electron chi connectivity index (χ3n) is 2.76. The van der Waals surface area contributed by atoms with E-state index in [1.807, 2.05) is 18.4 Å². The van der Waals surface area contributed by atoms with Gasteiger partial charge >= 0.3 is 0 Å². The van der Waals surface area contributed by atoms with E-state index in [1.54, 1.807) is 41.8 Å². The van der Waals surface area contributed by atoms with Crippen LogP contribution in [-0.2, 0) is 7.05 Å². The Hall–Kier alpha value is -1.88. The molecule has 0 aliphatic carbocycles. The fourth-order valence-electron chi connectivity index (χ4n) is 1.69.